The molecule has 1 aromatic carbocycles. The van der Waals surface area contributed by atoms with Crippen LogP contribution >= 0.6 is 0 Å². The molecule has 190 valence electrons. The molecule has 0 spiro atoms. The Morgan fingerprint density at radius 2 is 1.89 bits per heavy atom. The summed E-state index contributed by atoms with van der Waals surface area (Å²) in [6.07, 6.45) is 1.78. The van der Waals surface area contributed by atoms with E-state index in [0.29, 0.717) is 19.2 Å². The minimum Gasteiger partial charge on any atom is -0.460 e. The number of amides is 1. The van der Waals surface area contributed by atoms with Crippen LogP contribution in [-0.4, -0.2) is 59.8 Å². The number of hydrogen-bond donors (Lipinski definition) is 1. The molecule has 2 aliphatic rings. The summed E-state index contributed by atoms with van der Waals surface area (Å²) in [7, 11) is -0.373. The van der Waals surface area contributed by atoms with Crippen molar-refractivity contribution in [1.82, 2.24) is 4.90 Å². The first-order valence-electron chi connectivity index (χ1n) is 12.1. The molecule has 0 saturated carbocycles. The number of rotatable bonds is 9. The van der Waals surface area contributed by atoms with Gasteiger partial charge in [-0.15, -0.1) is 0 Å². The van der Waals surface area contributed by atoms with Crippen LogP contribution in [0, 0.1) is 5.92 Å². The second kappa shape index (κ2) is 10.6. The molecule has 11 heteroatoms. The van der Waals surface area contributed by atoms with Crippen LogP contribution in [0.5, 0.6) is 0 Å². The van der Waals surface area contributed by atoms with Gasteiger partial charge in [0, 0.05) is 23.9 Å². The monoisotopic (exact) mass is 485 g/mol. The molecule has 3 atom stereocenters. The van der Waals surface area contributed by atoms with E-state index >= 15 is 0 Å². The van der Waals surface area contributed by atoms with Crippen molar-refractivity contribution in [3.05, 3.63) is 46.3 Å². The van der Waals surface area contributed by atoms with E-state index in [0.717, 1.165) is 5.56 Å². The number of hydrogen-bond acceptors (Lipinski definition) is 7. The van der Waals surface area contributed by atoms with Crippen molar-refractivity contribution in [2.24, 2.45) is 16.8 Å². The lowest BCUT2D eigenvalue weighted by Gasteiger charge is -2.32. The largest absolute Gasteiger partial charge is 0.460 e. The quantitative estimate of drug-likeness (QED) is 0.187. The average molecular weight is 485 g/mol. The van der Waals surface area contributed by atoms with E-state index < -0.39 is 34.7 Å². The van der Waals surface area contributed by atoms with Gasteiger partial charge in [0.25, 0.3) is 0 Å². The molecule has 2 aliphatic heterocycles. The lowest BCUT2D eigenvalue weighted by atomic mass is 9.78. The zero-order valence-corrected chi connectivity index (χ0v) is 21.3. The molecule has 35 heavy (non-hydrogen) atoms. The number of benzene rings is 1. The van der Waals surface area contributed by atoms with Gasteiger partial charge in [0.15, 0.2) is 5.54 Å². The number of carbonyl (C=O) groups is 2. The minimum atomic E-state index is -1.52. The predicted molar refractivity (Wildman–Crippen MR) is 132 cm³/mol. The first-order chi connectivity index (χ1) is 16.4. The van der Waals surface area contributed by atoms with E-state index in [1.807, 2.05) is 58.0 Å². The van der Waals surface area contributed by atoms with Gasteiger partial charge in [-0.05, 0) is 58.5 Å². The summed E-state index contributed by atoms with van der Waals surface area (Å²) in [5.41, 5.74) is 13.6. The molecule has 2 N–H and O–H groups in total. The summed E-state index contributed by atoms with van der Waals surface area (Å²) < 4.78 is 17.8. The molecule has 0 aromatic heterocycles. The smallest absolute Gasteiger partial charge is 0.457 e. The van der Waals surface area contributed by atoms with Gasteiger partial charge >= 0.3 is 13.1 Å². The van der Waals surface area contributed by atoms with Gasteiger partial charge < -0.3 is 24.7 Å². The Labute approximate surface area is 207 Å². The van der Waals surface area contributed by atoms with Gasteiger partial charge in [0.1, 0.15) is 6.61 Å². The standard InChI is InChI=1S/C24H36BN5O5/c1-17(26)20(31)30-14-19(12-9-13-25-34-22(2,3)23(4,5)35-25)24(16-30,28-29-27)21(32)33-15-18-10-7-6-8-11-18/h6-8,10-11,17,19H,9,12-16,26H2,1-5H3/t17-,19-,24-/m0/s1. The van der Waals surface area contributed by atoms with Crippen molar-refractivity contribution < 1.29 is 23.6 Å². The summed E-state index contributed by atoms with van der Waals surface area (Å²) in [6.45, 7) is 9.82. The van der Waals surface area contributed by atoms with Crippen LogP contribution in [0.3, 0.4) is 0 Å². The molecule has 0 unspecified atom stereocenters. The predicted octanol–water partition coefficient (Wildman–Crippen LogP) is 3.46. The van der Waals surface area contributed by atoms with E-state index in [-0.39, 0.29) is 32.7 Å². The SMILES string of the molecule is C[C@H](N)C(=O)N1C[C@H](CCCB2OC(C)(C)C(C)(C)O2)[C@](N=[N+]=[N-])(C(=O)OCc2ccccc2)C1. The second-order valence-electron chi connectivity index (χ2n) is 10.5. The molecule has 1 amide bonds. The van der Waals surface area contributed by atoms with Crippen LogP contribution < -0.4 is 5.73 Å². The molecular weight excluding hydrogens is 449 g/mol. The van der Waals surface area contributed by atoms with Gasteiger partial charge in [0.05, 0.1) is 17.2 Å². The zero-order valence-electron chi connectivity index (χ0n) is 21.3. The molecule has 2 fully saturated rings. The van der Waals surface area contributed by atoms with E-state index in [1.54, 1.807) is 6.92 Å². The molecule has 3 rings (SSSR count). The molecule has 0 radical (unpaired) electrons. The van der Waals surface area contributed by atoms with Gasteiger partial charge in [-0.1, -0.05) is 41.9 Å². The first kappa shape index (κ1) is 27.0. The maximum Gasteiger partial charge on any atom is 0.457 e. The van der Waals surface area contributed by atoms with Gasteiger partial charge in [-0.3, -0.25) is 9.59 Å². The molecular formula is C24H36BN5O5. The summed E-state index contributed by atoms with van der Waals surface area (Å²) in [5, 5.41) is 3.95. The lowest BCUT2D eigenvalue weighted by Crippen LogP contribution is -2.47. The molecule has 10 nitrogen and oxygen atoms in total. The summed E-state index contributed by atoms with van der Waals surface area (Å²) >= 11 is 0. The summed E-state index contributed by atoms with van der Waals surface area (Å²) in [6, 6.07) is 8.53. The van der Waals surface area contributed by atoms with Crippen LogP contribution in [0.25, 0.3) is 10.4 Å². The van der Waals surface area contributed by atoms with Crippen molar-refractivity contribution in [3.8, 4) is 0 Å². The topological polar surface area (TPSA) is 140 Å². The highest BCUT2D eigenvalue weighted by atomic mass is 16.7. The molecule has 1 aromatic rings. The van der Waals surface area contributed by atoms with Crippen molar-refractivity contribution >= 4 is 19.0 Å². The number of likely N-dealkylation sites (tertiary alicyclic amines) is 1. The van der Waals surface area contributed by atoms with Crippen LogP contribution in [0.2, 0.25) is 6.32 Å². The third kappa shape index (κ3) is 5.81. The van der Waals surface area contributed by atoms with Gasteiger partial charge in [0.2, 0.25) is 5.91 Å². The number of esters is 1. The highest BCUT2D eigenvalue weighted by molar-refractivity contribution is 6.45. The number of carbonyl (C=O) groups excluding carboxylic acids is 2. The number of nitrogens with two attached hydrogens (primary N) is 1. The van der Waals surface area contributed by atoms with Crippen LogP contribution in [0.1, 0.15) is 53.0 Å². The highest BCUT2D eigenvalue weighted by Gasteiger charge is 2.55. The molecule has 0 aliphatic carbocycles. The zero-order chi connectivity index (χ0) is 25.9. The molecule has 0 bridgehead atoms. The Kier molecular flexibility index (Phi) is 8.16. The lowest BCUT2D eigenvalue weighted by molar-refractivity contribution is -0.152. The normalized spacial score (nSPS) is 25.7. The second-order valence-corrected chi connectivity index (χ2v) is 10.5. The maximum atomic E-state index is 13.4. The fraction of sp³-hybridized carbons (Fsp3) is 0.667. The third-order valence-electron chi connectivity index (χ3n) is 7.33. The maximum absolute atomic E-state index is 13.4. The number of nitrogens with zero attached hydrogens (tertiary/aromatic N) is 4. The Morgan fingerprint density at radius 1 is 1.26 bits per heavy atom. The Morgan fingerprint density at radius 3 is 2.46 bits per heavy atom. The van der Waals surface area contributed by atoms with Crippen molar-refractivity contribution in [2.75, 3.05) is 13.1 Å². The number of azide groups is 1. The van der Waals surface area contributed by atoms with Crippen molar-refractivity contribution in [2.45, 2.75) is 83.2 Å². The van der Waals surface area contributed by atoms with Gasteiger partial charge in [-0.25, -0.2) is 0 Å². The highest BCUT2D eigenvalue weighted by Crippen LogP contribution is 2.40. The van der Waals surface area contributed by atoms with E-state index in [9.17, 15) is 15.1 Å². The Hall–Kier alpha value is -2.59. The van der Waals surface area contributed by atoms with Crippen LogP contribution in [0.4, 0.5) is 0 Å². The van der Waals surface area contributed by atoms with E-state index in [4.69, 9.17) is 19.8 Å². The Balaban J connectivity index is 1.75. The van der Waals surface area contributed by atoms with Gasteiger partial charge in [-0.2, -0.15) is 0 Å². The number of ether oxygens (including phenoxy) is 1. The fourth-order valence-corrected chi connectivity index (χ4v) is 4.61. The van der Waals surface area contributed by atoms with Crippen molar-refractivity contribution in [1.29, 1.82) is 0 Å². The van der Waals surface area contributed by atoms with Crippen molar-refractivity contribution in [3.63, 3.8) is 0 Å². The van der Waals surface area contributed by atoms with E-state index in [1.165, 1.54) is 4.90 Å². The average Bonchev–Trinajstić information content (AvgIpc) is 3.26. The summed E-state index contributed by atoms with van der Waals surface area (Å²) in [4.78, 5) is 30.5. The fourth-order valence-electron chi connectivity index (χ4n) is 4.61. The van der Waals surface area contributed by atoms with E-state index in [2.05, 4.69) is 10.0 Å². The minimum absolute atomic E-state index is 0.0459. The third-order valence-corrected chi connectivity index (χ3v) is 7.33. The molecule has 2 saturated heterocycles. The Bertz CT molecular complexity index is 950. The first-order valence-corrected chi connectivity index (χ1v) is 12.1. The molecule has 2 heterocycles. The van der Waals surface area contributed by atoms with Crippen LogP contribution in [-0.2, 0) is 30.2 Å². The van der Waals surface area contributed by atoms with Crippen LogP contribution in [0.15, 0.2) is 35.4 Å². The summed E-state index contributed by atoms with van der Waals surface area (Å²) in [5.74, 6) is -1.36.